The zero-order chi connectivity index (χ0) is 21.3. The first-order valence-corrected chi connectivity index (χ1v) is 8.82. The molecule has 4 amide bonds. The molecule has 28 heavy (non-hydrogen) atoms. The molecule has 0 aromatic heterocycles. The van der Waals surface area contributed by atoms with Gasteiger partial charge in [0.05, 0.1) is 5.56 Å². The van der Waals surface area contributed by atoms with Crippen LogP contribution < -0.4 is 10.6 Å². The summed E-state index contributed by atoms with van der Waals surface area (Å²) in [4.78, 5) is 37.8. The number of urea groups is 1. The Balaban J connectivity index is 2.13. The Morgan fingerprint density at radius 2 is 1.86 bits per heavy atom. The van der Waals surface area contributed by atoms with Gasteiger partial charge in [-0.2, -0.15) is 13.2 Å². The zero-order valence-corrected chi connectivity index (χ0v) is 16.2. The molecule has 0 spiro atoms. The Labute approximate surface area is 161 Å². The van der Waals surface area contributed by atoms with Gasteiger partial charge >= 0.3 is 12.2 Å². The molecule has 1 atom stereocenters. The van der Waals surface area contributed by atoms with Crippen LogP contribution in [0.4, 0.5) is 18.0 Å². The van der Waals surface area contributed by atoms with E-state index in [-0.39, 0.29) is 11.0 Å². The molecule has 0 saturated carbocycles. The van der Waals surface area contributed by atoms with Gasteiger partial charge in [-0.3, -0.25) is 14.5 Å². The predicted molar refractivity (Wildman–Crippen MR) is 96.1 cm³/mol. The Morgan fingerprint density at radius 1 is 1.21 bits per heavy atom. The topological polar surface area (TPSA) is 78.5 Å². The van der Waals surface area contributed by atoms with Crippen LogP contribution in [-0.2, 0) is 21.3 Å². The molecule has 1 aromatic carbocycles. The molecule has 1 aliphatic rings. The fraction of sp³-hybridized carbons (Fsp3) is 0.526. The largest absolute Gasteiger partial charge is 0.416 e. The van der Waals surface area contributed by atoms with Crippen LogP contribution in [0.5, 0.6) is 0 Å². The number of rotatable bonds is 5. The van der Waals surface area contributed by atoms with Crippen molar-refractivity contribution in [3.05, 3.63) is 35.4 Å². The molecule has 1 saturated heterocycles. The number of imide groups is 1. The third kappa shape index (κ3) is 4.82. The summed E-state index contributed by atoms with van der Waals surface area (Å²) < 4.78 is 38.9. The lowest BCUT2D eigenvalue weighted by molar-refractivity contribution is -0.138. The molecule has 1 aliphatic heterocycles. The number of carbonyl (C=O) groups is 3. The van der Waals surface area contributed by atoms with Gasteiger partial charge in [0.2, 0.25) is 5.91 Å². The third-order valence-electron chi connectivity index (χ3n) is 4.54. The van der Waals surface area contributed by atoms with E-state index in [0.29, 0.717) is 17.9 Å². The molecule has 0 radical (unpaired) electrons. The summed E-state index contributed by atoms with van der Waals surface area (Å²) in [6, 6.07) is 3.39. The summed E-state index contributed by atoms with van der Waals surface area (Å²) in [6.45, 7) is 7.24. The van der Waals surface area contributed by atoms with Crippen LogP contribution in [0.3, 0.4) is 0 Å². The average Bonchev–Trinajstić information content (AvgIpc) is 2.77. The number of carbonyl (C=O) groups excluding carboxylic acids is 3. The second-order valence-electron chi connectivity index (χ2n) is 8.19. The highest BCUT2D eigenvalue weighted by Crippen LogP contribution is 2.34. The van der Waals surface area contributed by atoms with Crippen LogP contribution in [-0.4, -0.2) is 35.8 Å². The summed E-state index contributed by atoms with van der Waals surface area (Å²) >= 11 is 0. The SMILES string of the molecule is CC(C)(C)CCNC(=O)CN1C(=O)NC(C)(c2cccc(C(F)(F)F)c2)C1=O. The molecule has 1 unspecified atom stereocenters. The van der Waals surface area contributed by atoms with E-state index < -0.39 is 41.7 Å². The first kappa shape index (κ1) is 21.7. The molecular formula is C19H24F3N3O3. The lowest BCUT2D eigenvalue weighted by atomic mass is 9.90. The molecular weight excluding hydrogens is 375 g/mol. The van der Waals surface area contributed by atoms with Crippen molar-refractivity contribution in [2.45, 2.75) is 45.8 Å². The molecule has 0 aliphatic carbocycles. The lowest BCUT2D eigenvalue weighted by Gasteiger charge is -2.23. The molecule has 1 fully saturated rings. The van der Waals surface area contributed by atoms with Gasteiger partial charge in [-0.05, 0) is 36.5 Å². The van der Waals surface area contributed by atoms with E-state index in [9.17, 15) is 27.6 Å². The van der Waals surface area contributed by atoms with Gasteiger partial charge in [-0.25, -0.2) is 4.79 Å². The third-order valence-corrected chi connectivity index (χ3v) is 4.54. The zero-order valence-electron chi connectivity index (χ0n) is 16.2. The van der Waals surface area contributed by atoms with Crippen LogP contribution in [0.25, 0.3) is 0 Å². The van der Waals surface area contributed by atoms with Crippen LogP contribution in [0.15, 0.2) is 24.3 Å². The van der Waals surface area contributed by atoms with Gasteiger partial charge in [0.25, 0.3) is 5.91 Å². The lowest BCUT2D eigenvalue weighted by Crippen LogP contribution is -2.43. The van der Waals surface area contributed by atoms with E-state index in [1.807, 2.05) is 20.8 Å². The highest BCUT2D eigenvalue weighted by molar-refractivity contribution is 6.09. The van der Waals surface area contributed by atoms with Gasteiger partial charge in [-0.1, -0.05) is 32.9 Å². The maximum absolute atomic E-state index is 13.0. The van der Waals surface area contributed by atoms with Crippen LogP contribution in [0, 0.1) is 5.41 Å². The number of amides is 4. The van der Waals surface area contributed by atoms with Gasteiger partial charge in [0.15, 0.2) is 0 Å². The van der Waals surface area contributed by atoms with Crippen molar-refractivity contribution in [1.82, 2.24) is 15.5 Å². The van der Waals surface area contributed by atoms with Crippen molar-refractivity contribution >= 4 is 17.8 Å². The van der Waals surface area contributed by atoms with Gasteiger partial charge < -0.3 is 10.6 Å². The van der Waals surface area contributed by atoms with Gasteiger partial charge in [-0.15, -0.1) is 0 Å². The minimum atomic E-state index is -4.58. The van der Waals surface area contributed by atoms with E-state index in [0.717, 1.165) is 12.1 Å². The van der Waals surface area contributed by atoms with E-state index in [1.54, 1.807) is 0 Å². The number of nitrogens with one attached hydrogen (secondary N) is 2. The Morgan fingerprint density at radius 3 is 2.43 bits per heavy atom. The van der Waals surface area contributed by atoms with Crippen LogP contribution in [0.2, 0.25) is 0 Å². The fourth-order valence-electron chi connectivity index (χ4n) is 2.82. The first-order chi connectivity index (χ1) is 12.7. The van der Waals surface area contributed by atoms with E-state index in [1.165, 1.54) is 19.1 Å². The van der Waals surface area contributed by atoms with Crippen molar-refractivity contribution in [3.8, 4) is 0 Å². The van der Waals surface area contributed by atoms with E-state index in [4.69, 9.17) is 0 Å². The van der Waals surface area contributed by atoms with Crippen molar-refractivity contribution in [1.29, 1.82) is 0 Å². The molecule has 9 heteroatoms. The monoisotopic (exact) mass is 399 g/mol. The summed E-state index contributed by atoms with van der Waals surface area (Å²) in [5.74, 6) is -1.29. The predicted octanol–water partition coefficient (Wildman–Crippen LogP) is 3.02. The minimum Gasteiger partial charge on any atom is -0.355 e. The first-order valence-electron chi connectivity index (χ1n) is 8.82. The number of halogens is 3. The maximum atomic E-state index is 13.0. The average molecular weight is 399 g/mol. The van der Waals surface area contributed by atoms with Crippen LogP contribution in [0.1, 0.15) is 45.2 Å². The molecule has 0 bridgehead atoms. The molecule has 1 aromatic rings. The Bertz CT molecular complexity index is 787. The molecule has 2 N–H and O–H groups in total. The summed E-state index contributed by atoms with van der Waals surface area (Å²) in [5, 5.41) is 5.04. The van der Waals surface area contributed by atoms with E-state index in [2.05, 4.69) is 10.6 Å². The number of hydrogen-bond acceptors (Lipinski definition) is 3. The molecule has 1 heterocycles. The van der Waals surface area contributed by atoms with Crippen LogP contribution >= 0.6 is 0 Å². The number of nitrogens with zero attached hydrogens (tertiary/aromatic N) is 1. The molecule has 2 rings (SSSR count). The number of alkyl halides is 3. The minimum absolute atomic E-state index is 0.00341. The van der Waals surface area contributed by atoms with E-state index >= 15 is 0 Å². The summed E-state index contributed by atoms with van der Waals surface area (Å²) in [6.07, 6.45) is -3.87. The van der Waals surface area contributed by atoms with Gasteiger partial charge in [0.1, 0.15) is 12.1 Å². The fourth-order valence-corrected chi connectivity index (χ4v) is 2.82. The number of benzene rings is 1. The smallest absolute Gasteiger partial charge is 0.355 e. The second kappa shape index (κ2) is 7.44. The Hall–Kier alpha value is -2.58. The second-order valence-corrected chi connectivity index (χ2v) is 8.19. The van der Waals surface area contributed by atoms with Crippen molar-refractivity contribution < 1.29 is 27.6 Å². The van der Waals surface area contributed by atoms with Crippen molar-refractivity contribution in [2.75, 3.05) is 13.1 Å². The van der Waals surface area contributed by atoms with Crippen molar-refractivity contribution in [2.24, 2.45) is 5.41 Å². The summed E-state index contributed by atoms with van der Waals surface area (Å²) in [5.41, 5.74) is -2.59. The van der Waals surface area contributed by atoms with Gasteiger partial charge in [0, 0.05) is 6.54 Å². The molecule has 154 valence electrons. The van der Waals surface area contributed by atoms with Crippen molar-refractivity contribution in [3.63, 3.8) is 0 Å². The maximum Gasteiger partial charge on any atom is 0.416 e. The molecule has 6 nitrogen and oxygen atoms in total. The summed E-state index contributed by atoms with van der Waals surface area (Å²) in [7, 11) is 0. The normalized spacial score (nSPS) is 20.3. The quantitative estimate of drug-likeness (QED) is 0.747. The number of hydrogen-bond donors (Lipinski definition) is 2. The standard InChI is InChI=1S/C19H24F3N3O3/c1-17(2,3)8-9-23-14(26)11-25-15(27)18(4,24-16(25)28)12-6-5-7-13(10-12)19(20,21)22/h5-7,10H,8-9,11H2,1-4H3,(H,23,26)(H,24,28). The Kier molecular flexibility index (Phi) is 5.77. The highest BCUT2D eigenvalue weighted by atomic mass is 19.4. The highest BCUT2D eigenvalue weighted by Gasteiger charge is 2.50.